The number of hydrogen-bond donors (Lipinski definition) is 2. The highest BCUT2D eigenvalue weighted by atomic mass is 31.1. The van der Waals surface area contributed by atoms with Crippen molar-refractivity contribution < 1.29 is 28.3 Å². The standard InChI is InChI=1S/C17H17N2O8P/c1-2-11-13(27-28(23)24)14(26-16(21)10-6-4-3-5-7-10)15(25-11)19-9-8-12(20)18-17(19)22/h3-9,11,13-15H,2H2,1H3,(H-,18,20,22,23,24)/p+1/t11-,13?,14+,15-/m1/s1. The molecule has 1 aromatic carbocycles. The molecule has 1 aromatic heterocycles. The monoisotopic (exact) mass is 409 g/mol. The lowest BCUT2D eigenvalue weighted by Gasteiger charge is -2.21. The second-order valence-corrected chi connectivity index (χ2v) is 6.72. The van der Waals surface area contributed by atoms with Crippen LogP contribution in [0, 0.1) is 0 Å². The molecule has 0 saturated carbocycles. The highest BCUT2D eigenvalue weighted by molar-refractivity contribution is 7.32. The molecule has 1 saturated heterocycles. The van der Waals surface area contributed by atoms with Gasteiger partial charge in [0.15, 0.2) is 18.4 Å². The first kappa shape index (κ1) is 20.1. The van der Waals surface area contributed by atoms with Gasteiger partial charge in [0.05, 0.1) is 11.7 Å². The second kappa shape index (κ2) is 8.57. The summed E-state index contributed by atoms with van der Waals surface area (Å²) >= 11 is 0. The van der Waals surface area contributed by atoms with Crippen LogP contribution in [0.5, 0.6) is 0 Å². The van der Waals surface area contributed by atoms with Crippen molar-refractivity contribution >= 4 is 14.2 Å². The molecular formula is C17H18N2O8P+. The Morgan fingerprint density at radius 1 is 1.25 bits per heavy atom. The van der Waals surface area contributed by atoms with Gasteiger partial charge in [-0.2, -0.15) is 0 Å². The van der Waals surface area contributed by atoms with Crippen molar-refractivity contribution in [2.75, 3.05) is 0 Å². The highest BCUT2D eigenvalue weighted by Gasteiger charge is 2.52. The summed E-state index contributed by atoms with van der Waals surface area (Å²) in [7, 11) is -3.02. The van der Waals surface area contributed by atoms with Gasteiger partial charge in [-0.3, -0.25) is 14.3 Å². The molecule has 1 aliphatic rings. The lowest BCUT2D eigenvalue weighted by Crippen LogP contribution is -2.40. The summed E-state index contributed by atoms with van der Waals surface area (Å²) < 4.78 is 28.7. The number of hydrogen-bond acceptors (Lipinski definition) is 7. The molecule has 2 heterocycles. The third-order valence-electron chi connectivity index (χ3n) is 4.28. The van der Waals surface area contributed by atoms with Crippen LogP contribution in [0.1, 0.15) is 29.9 Å². The average Bonchev–Trinajstić information content (AvgIpc) is 2.99. The summed E-state index contributed by atoms with van der Waals surface area (Å²) in [5, 5.41) is 0. The van der Waals surface area contributed by atoms with Gasteiger partial charge in [-0.05, 0) is 18.6 Å². The van der Waals surface area contributed by atoms with Gasteiger partial charge < -0.3 is 9.47 Å². The Morgan fingerprint density at radius 3 is 2.57 bits per heavy atom. The fraction of sp³-hybridized carbons (Fsp3) is 0.353. The summed E-state index contributed by atoms with van der Waals surface area (Å²) in [6.07, 6.45) is -2.60. The van der Waals surface area contributed by atoms with Crippen LogP contribution >= 0.6 is 8.25 Å². The summed E-state index contributed by atoms with van der Waals surface area (Å²) in [6.45, 7) is 1.75. The Balaban J connectivity index is 1.98. The maximum absolute atomic E-state index is 12.5. The first-order chi connectivity index (χ1) is 13.4. The van der Waals surface area contributed by atoms with Crippen molar-refractivity contribution in [3.8, 4) is 0 Å². The van der Waals surface area contributed by atoms with E-state index in [1.807, 2.05) is 0 Å². The first-order valence-electron chi connectivity index (χ1n) is 8.46. The number of nitrogens with one attached hydrogen (secondary N) is 1. The van der Waals surface area contributed by atoms with Crippen molar-refractivity contribution in [1.82, 2.24) is 9.55 Å². The lowest BCUT2D eigenvalue weighted by molar-refractivity contribution is -0.0515. The molecule has 1 aliphatic heterocycles. The Morgan fingerprint density at radius 2 is 1.96 bits per heavy atom. The van der Waals surface area contributed by atoms with E-state index in [0.29, 0.717) is 6.42 Å². The van der Waals surface area contributed by atoms with E-state index >= 15 is 0 Å². The van der Waals surface area contributed by atoms with Gasteiger partial charge in [0.1, 0.15) is 0 Å². The van der Waals surface area contributed by atoms with E-state index in [-0.39, 0.29) is 5.56 Å². The van der Waals surface area contributed by atoms with Crippen LogP contribution in [0.4, 0.5) is 0 Å². The Labute approximate surface area is 159 Å². The third kappa shape index (κ3) is 4.26. The maximum Gasteiger partial charge on any atom is 0.695 e. The predicted molar refractivity (Wildman–Crippen MR) is 95.9 cm³/mol. The number of aromatic amines is 1. The molecule has 1 fully saturated rings. The summed E-state index contributed by atoms with van der Waals surface area (Å²) in [5.74, 6) is -0.713. The number of esters is 1. The Hall–Kier alpha value is -2.65. The Bertz CT molecular complexity index is 973. The number of benzene rings is 1. The molecule has 2 aromatic rings. The number of ether oxygens (including phenoxy) is 2. The number of carbonyl (C=O) groups is 1. The number of aromatic nitrogens is 2. The van der Waals surface area contributed by atoms with Crippen molar-refractivity contribution in [2.45, 2.75) is 37.9 Å². The van der Waals surface area contributed by atoms with Crippen LogP contribution in [0.15, 0.2) is 52.2 Å². The number of H-pyrrole nitrogens is 1. The van der Waals surface area contributed by atoms with E-state index in [9.17, 15) is 23.8 Å². The van der Waals surface area contributed by atoms with E-state index in [2.05, 4.69) is 4.98 Å². The van der Waals surface area contributed by atoms with Crippen LogP contribution in [0.2, 0.25) is 0 Å². The molecule has 0 bridgehead atoms. The zero-order chi connectivity index (χ0) is 20.3. The van der Waals surface area contributed by atoms with E-state index in [4.69, 9.17) is 14.0 Å². The quantitative estimate of drug-likeness (QED) is 0.535. The molecule has 2 unspecified atom stereocenters. The van der Waals surface area contributed by atoms with Crippen LogP contribution in [0.25, 0.3) is 0 Å². The van der Waals surface area contributed by atoms with Crippen molar-refractivity contribution in [1.29, 1.82) is 0 Å². The van der Waals surface area contributed by atoms with E-state index in [1.165, 1.54) is 6.20 Å². The van der Waals surface area contributed by atoms with Gasteiger partial charge in [-0.1, -0.05) is 25.1 Å². The number of carbonyl (C=O) groups excluding carboxylic acids is 1. The van der Waals surface area contributed by atoms with E-state index in [1.54, 1.807) is 37.3 Å². The van der Waals surface area contributed by atoms with Gasteiger partial charge in [-0.15, -0.1) is 9.42 Å². The molecule has 10 nitrogen and oxygen atoms in total. The van der Waals surface area contributed by atoms with Crippen LogP contribution in [0.3, 0.4) is 0 Å². The maximum atomic E-state index is 12.5. The minimum atomic E-state index is -3.02. The topological polar surface area (TPSA) is 137 Å². The predicted octanol–water partition coefficient (Wildman–Crippen LogP) is 1.10. The zero-order valence-corrected chi connectivity index (χ0v) is 15.7. The minimum Gasteiger partial charge on any atom is -0.451 e. The number of rotatable bonds is 6. The van der Waals surface area contributed by atoms with E-state index in [0.717, 1.165) is 10.6 Å². The number of nitrogens with zero attached hydrogens (tertiary/aromatic N) is 1. The summed E-state index contributed by atoms with van der Waals surface area (Å²) in [4.78, 5) is 47.4. The van der Waals surface area contributed by atoms with Gasteiger partial charge in [-0.25, -0.2) is 9.59 Å². The summed E-state index contributed by atoms with van der Waals surface area (Å²) in [6, 6.07) is 9.23. The van der Waals surface area contributed by atoms with Crippen LogP contribution in [-0.2, 0) is 18.6 Å². The fourth-order valence-corrected chi connectivity index (χ4v) is 3.47. The molecule has 148 valence electrons. The van der Waals surface area contributed by atoms with Crippen LogP contribution < -0.4 is 11.2 Å². The molecule has 0 spiro atoms. The normalized spacial score (nSPS) is 24.7. The minimum absolute atomic E-state index is 0.252. The van der Waals surface area contributed by atoms with E-state index < -0.39 is 50.0 Å². The fourth-order valence-electron chi connectivity index (χ4n) is 3.01. The SMILES string of the molecule is CC[C@H]1O[C@@H](n2ccc(=O)[nH]c2=O)[C@@H](OC(=O)c2ccccc2)C1O[P+](=O)O. The molecule has 11 heteroatoms. The van der Waals surface area contributed by atoms with Gasteiger partial charge in [0.25, 0.3) is 5.56 Å². The first-order valence-corrected chi connectivity index (χ1v) is 9.59. The molecular weight excluding hydrogens is 391 g/mol. The molecule has 2 N–H and O–H groups in total. The lowest BCUT2D eigenvalue weighted by atomic mass is 10.1. The molecule has 0 amide bonds. The molecule has 0 radical (unpaired) electrons. The summed E-state index contributed by atoms with van der Waals surface area (Å²) in [5.41, 5.74) is -1.13. The smallest absolute Gasteiger partial charge is 0.451 e. The molecule has 3 rings (SSSR count). The van der Waals surface area contributed by atoms with Crippen molar-refractivity contribution in [3.05, 3.63) is 69.0 Å². The van der Waals surface area contributed by atoms with Crippen LogP contribution in [-0.4, -0.2) is 38.7 Å². The largest absolute Gasteiger partial charge is 0.695 e. The van der Waals surface area contributed by atoms with Gasteiger partial charge >= 0.3 is 19.9 Å². The van der Waals surface area contributed by atoms with Crippen molar-refractivity contribution in [2.24, 2.45) is 0 Å². The molecule has 0 aliphatic carbocycles. The highest BCUT2D eigenvalue weighted by Crippen LogP contribution is 2.38. The van der Waals surface area contributed by atoms with Crippen molar-refractivity contribution in [3.63, 3.8) is 0 Å². The third-order valence-corrected chi connectivity index (χ3v) is 4.70. The molecule has 5 atom stereocenters. The van der Waals surface area contributed by atoms with Gasteiger partial charge in [0, 0.05) is 16.8 Å². The zero-order valence-electron chi connectivity index (χ0n) is 14.8. The molecule has 28 heavy (non-hydrogen) atoms. The second-order valence-electron chi connectivity index (χ2n) is 6.03. The van der Waals surface area contributed by atoms with Gasteiger partial charge in [0.2, 0.25) is 0 Å². The Kier molecular flexibility index (Phi) is 6.15. The average molecular weight is 409 g/mol.